The van der Waals surface area contributed by atoms with Crippen LogP contribution in [0.5, 0.6) is 6.01 Å². The molecule has 5 heterocycles. The minimum absolute atomic E-state index is 0.0660. The predicted octanol–water partition coefficient (Wildman–Crippen LogP) is 2.64. The Hall–Kier alpha value is -2.06. The Morgan fingerprint density at radius 2 is 1.97 bits per heavy atom. The molecule has 0 saturated carbocycles. The lowest BCUT2D eigenvalue weighted by atomic mass is 9.95. The van der Waals surface area contributed by atoms with Crippen molar-refractivity contribution in [3.8, 4) is 6.01 Å². The Morgan fingerprint density at radius 3 is 2.80 bits per heavy atom. The summed E-state index contributed by atoms with van der Waals surface area (Å²) in [6.45, 7) is 5.16. The number of aromatic nitrogens is 2. The van der Waals surface area contributed by atoms with E-state index in [2.05, 4.69) is 20.1 Å². The van der Waals surface area contributed by atoms with Gasteiger partial charge < -0.3 is 15.0 Å². The second-order valence-electron chi connectivity index (χ2n) is 9.17. The van der Waals surface area contributed by atoms with E-state index in [0.29, 0.717) is 29.8 Å². The molecular formula is C22H27F2N5O. The van der Waals surface area contributed by atoms with Gasteiger partial charge in [-0.2, -0.15) is 9.97 Å². The number of hydrogen-bond acceptors (Lipinski definition) is 6. The normalized spacial score (nSPS) is 25.3. The molecule has 1 N–H and O–H groups in total. The van der Waals surface area contributed by atoms with Crippen LogP contribution >= 0.6 is 0 Å². The third-order valence-corrected chi connectivity index (χ3v) is 7.57. The van der Waals surface area contributed by atoms with Gasteiger partial charge >= 0.3 is 6.01 Å². The number of aryl methyl sites for hydroxylation is 1. The molecule has 0 radical (unpaired) electrons. The summed E-state index contributed by atoms with van der Waals surface area (Å²) in [7, 11) is 0. The highest BCUT2D eigenvalue weighted by atomic mass is 19.1. The Kier molecular flexibility index (Phi) is 4.35. The molecule has 6 nitrogen and oxygen atoms in total. The van der Waals surface area contributed by atoms with Gasteiger partial charge in [0.25, 0.3) is 0 Å². The molecule has 160 valence electrons. The molecule has 2 aromatic rings. The highest BCUT2D eigenvalue weighted by Gasteiger charge is 2.45. The van der Waals surface area contributed by atoms with Gasteiger partial charge in [0.2, 0.25) is 0 Å². The first-order valence-corrected chi connectivity index (χ1v) is 11.2. The zero-order valence-electron chi connectivity index (χ0n) is 17.1. The first-order valence-electron chi connectivity index (χ1n) is 11.2. The Labute approximate surface area is 174 Å². The molecule has 0 aliphatic carbocycles. The first kappa shape index (κ1) is 18.7. The molecule has 0 spiro atoms. The van der Waals surface area contributed by atoms with Crippen LogP contribution in [0.4, 0.5) is 14.6 Å². The van der Waals surface area contributed by atoms with Crippen molar-refractivity contribution in [1.82, 2.24) is 20.2 Å². The molecule has 1 atom stereocenters. The Bertz CT molecular complexity index is 989. The summed E-state index contributed by atoms with van der Waals surface area (Å²) < 4.78 is 35.7. The number of piperazine rings is 1. The first-order chi connectivity index (χ1) is 14.6. The summed E-state index contributed by atoms with van der Waals surface area (Å²) in [6.07, 6.45) is 5.98. The molecule has 30 heavy (non-hydrogen) atoms. The van der Waals surface area contributed by atoms with Crippen molar-refractivity contribution < 1.29 is 13.5 Å². The predicted molar refractivity (Wildman–Crippen MR) is 110 cm³/mol. The monoisotopic (exact) mass is 415 g/mol. The second kappa shape index (κ2) is 6.99. The van der Waals surface area contributed by atoms with Gasteiger partial charge in [-0.05, 0) is 51.6 Å². The van der Waals surface area contributed by atoms with Crippen molar-refractivity contribution in [3.05, 3.63) is 23.3 Å². The number of nitrogens with zero attached hydrogens (tertiary/aromatic N) is 4. The van der Waals surface area contributed by atoms with Crippen LogP contribution in [-0.4, -0.2) is 65.8 Å². The van der Waals surface area contributed by atoms with Crippen molar-refractivity contribution in [3.63, 3.8) is 0 Å². The number of halogens is 2. The van der Waals surface area contributed by atoms with Gasteiger partial charge in [-0.1, -0.05) is 0 Å². The van der Waals surface area contributed by atoms with Crippen molar-refractivity contribution >= 4 is 16.7 Å². The van der Waals surface area contributed by atoms with Gasteiger partial charge in [0.05, 0.1) is 10.9 Å². The lowest BCUT2D eigenvalue weighted by Crippen LogP contribution is -2.51. The lowest BCUT2D eigenvalue weighted by Gasteiger charge is -2.36. The van der Waals surface area contributed by atoms with Crippen LogP contribution < -0.4 is 15.0 Å². The van der Waals surface area contributed by atoms with Crippen LogP contribution in [0.3, 0.4) is 0 Å². The molecule has 0 bridgehead atoms. The quantitative estimate of drug-likeness (QED) is 0.832. The number of benzene rings is 1. The fraction of sp³-hybridized carbons (Fsp3) is 0.636. The molecule has 4 aliphatic heterocycles. The van der Waals surface area contributed by atoms with Crippen LogP contribution in [0.15, 0.2) is 6.07 Å². The highest BCUT2D eigenvalue weighted by molar-refractivity contribution is 5.94. The summed E-state index contributed by atoms with van der Waals surface area (Å²) >= 11 is 0. The van der Waals surface area contributed by atoms with Gasteiger partial charge in [-0.15, -0.1) is 0 Å². The standard InChI is InChI=1S/C22H27F2N5O/c23-16-11-17(24)19-18-15(16)4-3-14-12-25-7-10-29(14)20(18)27-21(26-19)30-13-22-5-1-8-28(22)9-2-6-22/h11,14,25H,1-10,12-13H2. The van der Waals surface area contributed by atoms with Crippen LogP contribution in [0, 0.1) is 11.6 Å². The minimum Gasteiger partial charge on any atom is -0.461 e. The van der Waals surface area contributed by atoms with Crippen LogP contribution in [-0.2, 0) is 6.42 Å². The number of anilines is 1. The van der Waals surface area contributed by atoms with Gasteiger partial charge in [-0.3, -0.25) is 4.90 Å². The molecular weight excluding hydrogens is 388 g/mol. The third kappa shape index (κ3) is 2.80. The number of nitrogens with one attached hydrogen (secondary N) is 1. The van der Waals surface area contributed by atoms with Crippen molar-refractivity contribution in [2.24, 2.45) is 0 Å². The summed E-state index contributed by atoms with van der Waals surface area (Å²) in [5, 5.41) is 3.93. The van der Waals surface area contributed by atoms with Crippen molar-refractivity contribution in [2.75, 3.05) is 44.2 Å². The fourth-order valence-corrected chi connectivity index (χ4v) is 6.05. The van der Waals surface area contributed by atoms with E-state index in [4.69, 9.17) is 9.72 Å². The average molecular weight is 415 g/mol. The van der Waals surface area contributed by atoms with Gasteiger partial charge in [-0.25, -0.2) is 8.78 Å². The molecule has 3 saturated heterocycles. The van der Waals surface area contributed by atoms with E-state index in [1.54, 1.807) is 0 Å². The number of ether oxygens (including phenoxy) is 1. The fourth-order valence-electron chi connectivity index (χ4n) is 6.05. The molecule has 4 aliphatic rings. The summed E-state index contributed by atoms with van der Waals surface area (Å²) in [5.41, 5.74) is 0.771. The maximum Gasteiger partial charge on any atom is 0.319 e. The topological polar surface area (TPSA) is 53.5 Å². The van der Waals surface area contributed by atoms with E-state index < -0.39 is 11.6 Å². The molecule has 1 unspecified atom stereocenters. The smallest absolute Gasteiger partial charge is 0.319 e. The summed E-state index contributed by atoms with van der Waals surface area (Å²) in [6, 6.07) is 1.38. The third-order valence-electron chi connectivity index (χ3n) is 7.57. The molecule has 3 fully saturated rings. The zero-order chi connectivity index (χ0) is 20.3. The van der Waals surface area contributed by atoms with E-state index in [-0.39, 0.29) is 23.1 Å². The van der Waals surface area contributed by atoms with Crippen LogP contribution in [0.1, 0.15) is 37.7 Å². The number of rotatable bonds is 3. The lowest BCUT2D eigenvalue weighted by molar-refractivity contribution is 0.108. The van der Waals surface area contributed by atoms with Gasteiger partial charge in [0, 0.05) is 37.3 Å². The Morgan fingerprint density at radius 1 is 1.13 bits per heavy atom. The SMILES string of the molecule is Fc1cc(F)c2nc(OCC34CCCN3CCC4)nc3c2c1CCC1CNCCN31. The van der Waals surface area contributed by atoms with Gasteiger partial charge in [0.1, 0.15) is 23.8 Å². The maximum absolute atomic E-state index is 14.8. The van der Waals surface area contributed by atoms with Crippen molar-refractivity contribution in [2.45, 2.75) is 50.1 Å². The maximum atomic E-state index is 14.8. The molecule has 0 amide bonds. The second-order valence-corrected chi connectivity index (χ2v) is 9.17. The Balaban J connectivity index is 1.43. The van der Waals surface area contributed by atoms with Crippen molar-refractivity contribution in [1.29, 1.82) is 0 Å². The molecule has 8 heteroatoms. The van der Waals surface area contributed by atoms with E-state index in [9.17, 15) is 8.78 Å². The van der Waals surface area contributed by atoms with E-state index in [0.717, 1.165) is 58.1 Å². The van der Waals surface area contributed by atoms with Crippen LogP contribution in [0.2, 0.25) is 0 Å². The summed E-state index contributed by atoms with van der Waals surface area (Å²) in [5.74, 6) is -0.521. The van der Waals surface area contributed by atoms with E-state index in [1.165, 1.54) is 12.8 Å². The molecule has 6 rings (SSSR count). The summed E-state index contributed by atoms with van der Waals surface area (Å²) in [4.78, 5) is 13.9. The van der Waals surface area contributed by atoms with E-state index in [1.807, 2.05) is 0 Å². The highest BCUT2D eigenvalue weighted by Crippen LogP contribution is 2.40. The largest absolute Gasteiger partial charge is 0.461 e. The van der Waals surface area contributed by atoms with Gasteiger partial charge in [0.15, 0.2) is 5.82 Å². The zero-order valence-corrected chi connectivity index (χ0v) is 17.1. The van der Waals surface area contributed by atoms with E-state index >= 15 is 0 Å². The number of hydrogen-bond donors (Lipinski definition) is 1. The number of fused-ring (bicyclic) bond motifs is 3. The molecule has 1 aromatic carbocycles. The van der Waals surface area contributed by atoms with Crippen LogP contribution in [0.25, 0.3) is 10.9 Å². The molecule has 1 aromatic heterocycles. The average Bonchev–Trinajstić information content (AvgIpc) is 3.27. The minimum atomic E-state index is -0.644.